The fraction of sp³-hybridized carbons (Fsp3) is 0.421. The van der Waals surface area contributed by atoms with Gasteiger partial charge in [0.25, 0.3) is 0 Å². The van der Waals surface area contributed by atoms with Crippen LogP contribution in [0.1, 0.15) is 45.3 Å². The number of nitrogens with zero attached hydrogens (tertiary/aromatic N) is 1. The SMILES string of the molecule is CCC(CC)COc1cncc(OC(C)c2c(F)ccc(F)c2Cl)c1. The molecule has 0 aliphatic heterocycles. The Morgan fingerprint density at radius 2 is 1.72 bits per heavy atom. The lowest BCUT2D eigenvalue weighted by Crippen LogP contribution is -2.11. The molecule has 1 aromatic carbocycles. The first-order chi connectivity index (χ1) is 12.0. The summed E-state index contributed by atoms with van der Waals surface area (Å²) in [6.45, 7) is 6.43. The maximum absolute atomic E-state index is 14.0. The zero-order valence-corrected chi connectivity index (χ0v) is 15.3. The zero-order chi connectivity index (χ0) is 18.4. The van der Waals surface area contributed by atoms with Gasteiger partial charge in [-0.05, 0) is 25.0 Å². The molecule has 2 aromatic rings. The average Bonchev–Trinajstić information content (AvgIpc) is 2.60. The Hall–Kier alpha value is -1.88. The Balaban J connectivity index is 2.10. The molecule has 3 nitrogen and oxygen atoms in total. The minimum atomic E-state index is -0.778. The first-order valence-electron chi connectivity index (χ1n) is 8.34. The van der Waals surface area contributed by atoms with Crippen molar-refractivity contribution in [3.63, 3.8) is 0 Å². The number of hydrogen-bond acceptors (Lipinski definition) is 3. The Morgan fingerprint density at radius 3 is 2.40 bits per heavy atom. The van der Waals surface area contributed by atoms with Crippen LogP contribution in [0.15, 0.2) is 30.6 Å². The number of benzene rings is 1. The highest BCUT2D eigenvalue weighted by molar-refractivity contribution is 6.31. The van der Waals surface area contributed by atoms with Gasteiger partial charge in [0.05, 0.1) is 24.0 Å². The molecule has 2 rings (SSSR count). The van der Waals surface area contributed by atoms with E-state index in [1.165, 1.54) is 6.20 Å². The molecule has 0 saturated carbocycles. The van der Waals surface area contributed by atoms with Crippen molar-refractivity contribution in [1.82, 2.24) is 4.98 Å². The Bertz CT molecular complexity index is 708. The summed E-state index contributed by atoms with van der Waals surface area (Å²) in [5.74, 6) is 0.141. The number of pyridine rings is 1. The van der Waals surface area contributed by atoms with Gasteiger partial charge in [-0.25, -0.2) is 8.78 Å². The van der Waals surface area contributed by atoms with Crippen molar-refractivity contribution < 1.29 is 18.3 Å². The molecule has 25 heavy (non-hydrogen) atoms. The van der Waals surface area contributed by atoms with Crippen molar-refractivity contribution >= 4 is 11.6 Å². The summed E-state index contributed by atoms with van der Waals surface area (Å²) in [5, 5.41) is -0.276. The Kier molecular flexibility index (Phi) is 7.00. The predicted molar refractivity (Wildman–Crippen MR) is 94.2 cm³/mol. The summed E-state index contributed by atoms with van der Waals surface area (Å²) >= 11 is 5.87. The van der Waals surface area contributed by atoms with Gasteiger partial charge in [-0.3, -0.25) is 4.98 Å². The van der Waals surface area contributed by atoms with Crippen LogP contribution in [0.25, 0.3) is 0 Å². The van der Waals surface area contributed by atoms with Crippen LogP contribution in [0, 0.1) is 17.6 Å². The number of aromatic nitrogens is 1. The highest BCUT2D eigenvalue weighted by Gasteiger charge is 2.20. The van der Waals surface area contributed by atoms with E-state index in [1.807, 2.05) is 0 Å². The van der Waals surface area contributed by atoms with Crippen molar-refractivity contribution in [2.75, 3.05) is 6.61 Å². The van der Waals surface area contributed by atoms with E-state index in [2.05, 4.69) is 18.8 Å². The van der Waals surface area contributed by atoms with Gasteiger partial charge in [0.1, 0.15) is 29.2 Å². The minimum Gasteiger partial charge on any atom is -0.492 e. The van der Waals surface area contributed by atoms with E-state index in [0.29, 0.717) is 24.0 Å². The second-order valence-electron chi connectivity index (χ2n) is 5.87. The number of hydrogen-bond donors (Lipinski definition) is 0. The van der Waals surface area contributed by atoms with Crippen LogP contribution in [-0.2, 0) is 0 Å². The summed E-state index contributed by atoms with van der Waals surface area (Å²) in [5.41, 5.74) is -0.0231. The van der Waals surface area contributed by atoms with Crippen molar-refractivity contribution in [1.29, 1.82) is 0 Å². The molecule has 0 bridgehead atoms. The molecule has 1 unspecified atom stereocenters. The Morgan fingerprint density at radius 1 is 1.08 bits per heavy atom. The lowest BCUT2D eigenvalue weighted by Gasteiger charge is -2.18. The summed E-state index contributed by atoms with van der Waals surface area (Å²) in [6, 6.07) is 3.70. The van der Waals surface area contributed by atoms with Crippen LogP contribution < -0.4 is 9.47 Å². The van der Waals surface area contributed by atoms with E-state index in [-0.39, 0.29) is 10.6 Å². The van der Waals surface area contributed by atoms with E-state index < -0.39 is 17.7 Å². The lowest BCUT2D eigenvalue weighted by molar-refractivity contribution is 0.214. The molecule has 0 spiro atoms. The second kappa shape index (κ2) is 8.99. The molecular formula is C19H22ClF2NO2. The third-order valence-electron chi connectivity index (χ3n) is 4.13. The maximum atomic E-state index is 14.0. The van der Waals surface area contributed by atoms with Gasteiger partial charge < -0.3 is 9.47 Å². The van der Waals surface area contributed by atoms with E-state index >= 15 is 0 Å². The van der Waals surface area contributed by atoms with Crippen LogP contribution in [0.2, 0.25) is 5.02 Å². The standard InChI is InChI=1S/C19H22ClF2NO2/c1-4-13(5-2)11-24-14-8-15(10-23-9-14)25-12(3)18-16(21)6-7-17(22)19(18)20/h6-10,12-13H,4-5,11H2,1-3H3. The van der Waals surface area contributed by atoms with Crippen LogP contribution >= 0.6 is 11.6 Å². The fourth-order valence-corrected chi connectivity index (χ4v) is 2.77. The summed E-state index contributed by atoms with van der Waals surface area (Å²) < 4.78 is 39.0. The molecule has 1 atom stereocenters. The van der Waals surface area contributed by atoms with Crippen molar-refractivity contribution in [2.45, 2.75) is 39.7 Å². The quantitative estimate of drug-likeness (QED) is 0.537. The topological polar surface area (TPSA) is 31.4 Å². The third-order valence-corrected chi connectivity index (χ3v) is 4.51. The van der Waals surface area contributed by atoms with Gasteiger partial charge in [0.15, 0.2) is 0 Å². The first-order valence-corrected chi connectivity index (χ1v) is 8.71. The molecule has 6 heteroatoms. The molecule has 136 valence electrons. The van der Waals surface area contributed by atoms with Crippen LogP contribution in [-0.4, -0.2) is 11.6 Å². The molecule has 0 fully saturated rings. The van der Waals surface area contributed by atoms with Gasteiger partial charge in [0, 0.05) is 11.6 Å². The molecule has 0 radical (unpaired) electrons. The first kappa shape index (κ1) is 19.4. The van der Waals surface area contributed by atoms with Crippen LogP contribution in [0.4, 0.5) is 8.78 Å². The van der Waals surface area contributed by atoms with E-state index in [0.717, 1.165) is 25.0 Å². The highest BCUT2D eigenvalue weighted by atomic mass is 35.5. The molecule has 0 aliphatic rings. The molecular weight excluding hydrogens is 348 g/mol. The molecule has 0 saturated heterocycles. The summed E-state index contributed by atoms with van der Waals surface area (Å²) in [7, 11) is 0. The molecule has 0 aliphatic carbocycles. The highest BCUT2D eigenvalue weighted by Crippen LogP contribution is 2.32. The number of ether oxygens (including phenoxy) is 2. The zero-order valence-electron chi connectivity index (χ0n) is 14.6. The van der Waals surface area contributed by atoms with Gasteiger partial charge in [0.2, 0.25) is 0 Å². The Labute approximate surface area is 151 Å². The largest absolute Gasteiger partial charge is 0.492 e. The fourth-order valence-electron chi connectivity index (χ4n) is 2.46. The normalized spacial score (nSPS) is 12.3. The average molecular weight is 370 g/mol. The van der Waals surface area contributed by atoms with E-state index in [4.69, 9.17) is 21.1 Å². The molecule has 1 aromatic heterocycles. The number of halogens is 3. The van der Waals surface area contributed by atoms with Gasteiger partial charge in [-0.1, -0.05) is 38.3 Å². The monoisotopic (exact) mass is 369 g/mol. The summed E-state index contributed by atoms with van der Waals surface area (Å²) in [4.78, 5) is 4.07. The predicted octanol–water partition coefficient (Wildman–Crippen LogP) is 5.97. The summed E-state index contributed by atoms with van der Waals surface area (Å²) in [6.07, 6.45) is 4.38. The molecule has 0 amide bonds. The van der Waals surface area contributed by atoms with Gasteiger partial charge in [-0.2, -0.15) is 0 Å². The van der Waals surface area contributed by atoms with Crippen molar-refractivity contribution in [3.8, 4) is 11.5 Å². The maximum Gasteiger partial charge on any atom is 0.142 e. The van der Waals surface area contributed by atoms with Crippen LogP contribution in [0.5, 0.6) is 11.5 Å². The van der Waals surface area contributed by atoms with Crippen molar-refractivity contribution in [3.05, 3.63) is 52.8 Å². The molecule has 1 heterocycles. The van der Waals surface area contributed by atoms with Crippen molar-refractivity contribution in [2.24, 2.45) is 5.92 Å². The van der Waals surface area contributed by atoms with Crippen LogP contribution in [0.3, 0.4) is 0 Å². The second-order valence-corrected chi connectivity index (χ2v) is 6.24. The third kappa shape index (κ3) is 5.05. The lowest BCUT2D eigenvalue weighted by atomic mass is 10.1. The van der Waals surface area contributed by atoms with Gasteiger partial charge in [-0.15, -0.1) is 0 Å². The number of rotatable bonds is 8. The van der Waals surface area contributed by atoms with Gasteiger partial charge >= 0.3 is 0 Å². The van der Waals surface area contributed by atoms with E-state index in [1.54, 1.807) is 19.2 Å². The smallest absolute Gasteiger partial charge is 0.142 e. The molecule has 0 N–H and O–H groups in total. The van der Waals surface area contributed by atoms with E-state index in [9.17, 15) is 8.78 Å². The minimum absolute atomic E-state index is 0.0231.